The molecular formula is C27H41FN2. The number of nitrogens with zero attached hydrogens (tertiary/aromatic N) is 2. The number of hydrogen-bond donors (Lipinski definition) is 0. The predicted octanol–water partition coefficient (Wildman–Crippen LogP) is 7.35. The molecule has 0 spiro atoms. The third-order valence-corrected chi connectivity index (χ3v) is 9.55. The molecule has 0 aliphatic heterocycles. The maximum atomic E-state index is 16.5. The molecule has 1 aromatic heterocycles. The van der Waals surface area contributed by atoms with E-state index in [1.807, 2.05) is 12.4 Å². The number of aryl methyl sites for hydroxylation is 1. The number of rotatable bonds is 7. The van der Waals surface area contributed by atoms with Crippen molar-refractivity contribution in [3.63, 3.8) is 0 Å². The van der Waals surface area contributed by atoms with Gasteiger partial charge >= 0.3 is 0 Å². The monoisotopic (exact) mass is 412 g/mol. The second-order valence-corrected chi connectivity index (χ2v) is 10.8. The topological polar surface area (TPSA) is 25.8 Å². The Morgan fingerprint density at radius 1 is 1.10 bits per heavy atom. The first kappa shape index (κ1) is 22.0. The lowest BCUT2D eigenvalue weighted by molar-refractivity contribution is -0.121. The van der Waals surface area contributed by atoms with Crippen LogP contribution in [0.3, 0.4) is 0 Å². The van der Waals surface area contributed by atoms with Gasteiger partial charge in [0.25, 0.3) is 0 Å². The molecule has 2 nitrogen and oxygen atoms in total. The van der Waals surface area contributed by atoms with Gasteiger partial charge in [-0.3, -0.25) is 0 Å². The van der Waals surface area contributed by atoms with Crippen LogP contribution in [0.1, 0.15) is 90.5 Å². The first-order valence-corrected chi connectivity index (χ1v) is 12.5. The van der Waals surface area contributed by atoms with Crippen LogP contribution in [0.15, 0.2) is 30.9 Å². The summed E-state index contributed by atoms with van der Waals surface area (Å²) in [4.78, 5) is 8.30. The average molecular weight is 413 g/mol. The highest BCUT2D eigenvalue weighted by Gasteiger charge is 2.60. The molecule has 7 unspecified atom stereocenters. The zero-order chi connectivity index (χ0) is 21.4. The van der Waals surface area contributed by atoms with E-state index in [2.05, 4.69) is 37.3 Å². The van der Waals surface area contributed by atoms with E-state index in [-0.39, 0.29) is 5.92 Å². The molecule has 0 bridgehead atoms. The summed E-state index contributed by atoms with van der Waals surface area (Å²) in [6, 6.07) is 0. The van der Waals surface area contributed by atoms with E-state index in [9.17, 15) is 0 Å². The highest BCUT2D eigenvalue weighted by Crippen LogP contribution is 2.66. The fraction of sp³-hybridized carbons (Fsp3) is 0.778. The Hall–Kier alpha value is -1.25. The molecule has 1 aromatic rings. The molecule has 0 amide bonds. The number of halogens is 1. The van der Waals surface area contributed by atoms with Gasteiger partial charge in [-0.15, -0.1) is 0 Å². The molecule has 30 heavy (non-hydrogen) atoms. The zero-order valence-corrected chi connectivity index (χ0v) is 19.4. The van der Waals surface area contributed by atoms with Crippen molar-refractivity contribution in [3.05, 3.63) is 36.4 Å². The van der Waals surface area contributed by atoms with Gasteiger partial charge in [-0.2, -0.15) is 0 Å². The Bertz CT molecular complexity index is 734. The van der Waals surface area contributed by atoms with Crippen molar-refractivity contribution in [2.45, 2.75) is 97.1 Å². The highest BCUT2D eigenvalue weighted by atomic mass is 19.1. The minimum atomic E-state index is -0.920. The maximum Gasteiger partial charge on any atom is 0.116 e. The van der Waals surface area contributed by atoms with Crippen molar-refractivity contribution < 1.29 is 4.39 Å². The Morgan fingerprint density at radius 3 is 2.57 bits per heavy atom. The van der Waals surface area contributed by atoms with E-state index in [4.69, 9.17) is 0 Å². The molecule has 0 aromatic carbocycles. The number of alkyl halides is 1. The van der Waals surface area contributed by atoms with Gasteiger partial charge in [0.15, 0.2) is 0 Å². The molecule has 3 aliphatic carbocycles. The van der Waals surface area contributed by atoms with E-state index < -0.39 is 5.67 Å². The van der Waals surface area contributed by atoms with Gasteiger partial charge in [-0.25, -0.2) is 14.4 Å². The summed E-state index contributed by atoms with van der Waals surface area (Å²) in [6.45, 7) is 11.5. The Kier molecular flexibility index (Phi) is 6.38. The van der Waals surface area contributed by atoms with E-state index in [0.29, 0.717) is 29.1 Å². The lowest BCUT2D eigenvalue weighted by Crippen LogP contribution is -2.54. The number of hydrogen-bond acceptors (Lipinski definition) is 2. The number of fused-ring (bicyclic) bond motifs is 3. The van der Waals surface area contributed by atoms with Crippen molar-refractivity contribution in [1.29, 1.82) is 0 Å². The largest absolute Gasteiger partial charge is 0.245 e. The van der Waals surface area contributed by atoms with Crippen LogP contribution in [0.4, 0.5) is 4.39 Å². The molecule has 3 aliphatic rings. The smallest absolute Gasteiger partial charge is 0.116 e. The second kappa shape index (κ2) is 8.71. The number of allylic oxidation sites excluding steroid dienone is 1. The van der Waals surface area contributed by atoms with Crippen molar-refractivity contribution in [2.24, 2.45) is 35.0 Å². The van der Waals surface area contributed by atoms with Crippen LogP contribution in [0.5, 0.6) is 0 Å². The normalized spacial score (nSPS) is 40.6. The minimum Gasteiger partial charge on any atom is -0.245 e. The molecule has 0 saturated heterocycles. The lowest BCUT2D eigenvalue weighted by Gasteiger charge is -2.57. The molecular weight excluding hydrogens is 371 g/mol. The van der Waals surface area contributed by atoms with Gasteiger partial charge in [-0.1, -0.05) is 45.8 Å². The van der Waals surface area contributed by atoms with Gasteiger partial charge in [0.1, 0.15) is 12.0 Å². The summed E-state index contributed by atoms with van der Waals surface area (Å²) in [5.41, 5.74) is 2.00. The molecule has 0 radical (unpaired) electrons. The van der Waals surface area contributed by atoms with Crippen LogP contribution in [0.25, 0.3) is 0 Å². The van der Waals surface area contributed by atoms with E-state index in [1.54, 1.807) is 6.33 Å². The summed E-state index contributed by atoms with van der Waals surface area (Å²) in [6.07, 6.45) is 17.3. The fourth-order valence-electron chi connectivity index (χ4n) is 8.15. The van der Waals surface area contributed by atoms with Crippen LogP contribution in [-0.2, 0) is 6.42 Å². The molecule has 7 atom stereocenters. The lowest BCUT2D eigenvalue weighted by atomic mass is 9.49. The summed E-state index contributed by atoms with van der Waals surface area (Å²) in [7, 11) is 0. The van der Waals surface area contributed by atoms with Crippen molar-refractivity contribution >= 4 is 0 Å². The molecule has 4 rings (SSSR count). The molecule has 0 N–H and O–H groups in total. The quantitative estimate of drug-likeness (QED) is 0.437. The van der Waals surface area contributed by atoms with Gasteiger partial charge in [0.05, 0.1) is 0 Å². The summed E-state index contributed by atoms with van der Waals surface area (Å²) in [5.74, 6) is 2.44. The van der Waals surface area contributed by atoms with Crippen LogP contribution in [-0.4, -0.2) is 15.6 Å². The first-order chi connectivity index (χ1) is 14.4. The molecule has 1 heterocycles. The summed E-state index contributed by atoms with van der Waals surface area (Å²) < 4.78 is 16.5. The van der Waals surface area contributed by atoms with Crippen LogP contribution in [0, 0.1) is 35.0 Å². The number of aromatic nitrogens is 2. The Balaban J connectivity index is 1.48. The van der Waals surface area contributed by atoms with Crippen molar-refractivity contribution in [2.75, 3.05) is 0 Å². The summed E-state index contributed by atoms with van der Waals surface area (Å²) >= 11 is 0. The highest BCUT2D eigenvalue weighted by molar-refractivity contribution is 5.18. The fourth-order valence-corrected chi connectivity index (χ4v) is 8.15. The van der Waals surface area contributed by atoms with Crippen LogP contribution >= 0.6 is 0 Å². The van der Waals surface area contributed by atoms with Crippen molar-refractivity contribution in [1.82, 2.24) is 9.97 Å². The SMILES string of the molecule is C=C(CCc1cncnc1)C1CCC2C3CCC(CC)C(F)(CCC)C3CCC12C. The third kappa shape index (κ3) is 3.65. The van der Waals surface area contributed by atoms with Crippen molar-refractivity contribution in [3.8, 4) is 0 Å². The average Bonchev–Trinajstić information content (AvgIpc) is 3.10. The molecule has 3 heteroatoms. The standard InChI is InChI=1S/C27H41FN2/c1-5-14-27(28)21(6-2)9-10-22-24-12-11-23(26(24,4)15-13-25(22)27)19(3)7-8-20-16-29-18-30-17-20/h16-18,21-25H,3,5-15H2,1-2,4H3. The van der Waals surface area contributed by atoms with Gasteiger partial charge in [0, 0.05) is 12.4 Å². The zero-order valence-electron chi connectivity index (χ0n) is 19.4. The first-order valence-electron chi connectivity index (χ1n) is 12.5. The van der Waals surface area contributed by atoms with E-state index in [0.717, 1.165) is 44.9 Å². The maximum absolute atomic E-state index is 16.5. The third-order valence-electron chi connectivity index (χ3n) is 9.55. The van der Waals surface area contributed by atoms with Gasteiger partial charge < -0.3 is 0 Å². The second-order valence-electron chi connectivity index (χ2n) is 10.8. The predicted molar refractivity (Wildman–Crippen MR) is 122 cm³/mol. The molecule has 3 fully saturated rings. The Labute approximate surface area is 183 Å². The summed E-state index contributed by atoms with van der Waals surface area (Å²) in [5, 5.41) is 0. The van der Waals surface area contributed by atoms with Crippen LogP contribution < -0.4 is 0 Å². The molecule has 166 valence electrons. The Morgan fingerprint density at radius 2 is 1.87 bits per heavy atom. The van der Waals surface area contributed by atoms with Crippen LogP contribution in [0.2, 0.25) is 0 Å². The van der Waals surface area contributed by atoms with Gasteiger partial charge in [0.2, 0.25) is 0 Å². The minimum absolute atomic E-state index is 0.281. The molecule has 3 saturated carbocycles. The van der Waals surface area contributed by atoms with E-state index in [1.165, 1.54) is 36.8 Å². The van der Waals surface area contributed by atoms with E-state index >= 15 is 4.39 Å². The van der Waals surface area contributed by atoms with Gasteiger partial charge in [-0.05, 0) is 98.4 Å².